The predicted octanol–water partition coefficient (Wildman–Crippen LogP) is 3.18. The Morgan fingerprint density at radius 2 is 2.16 bits per heavy atom. The first-order valence-electron chi connectivity index (χ1n) is 5.87. The van der Waals surface area contributed by atoms with Crippen LogP contribution in [0.5, 0.6) is 5.88 Å². The molecule has 0 aliphatic rings. The van der Waals surface area contributed by atoms with E-state index in [1.54, 1.807) is 12.4 Å². The Morgan fingerprint density at radius 3 is 2.95 bits per heavy atom. The van der Waals surface area contributed by atoms with Crippen molar-refractivity contribution in [1.82, 2.24) is 19.9 Å². The van der Waals surface area contributed by atoms with Crippen LogP contribution in [-0.2, 0) is 0 Å². The van der Waals surface area contributed by atoms with Crippen LogP contribution in [0.1, 0.15) is 6.92 Å². The molecule has 0 aromatic carbocycles. The number of H-pyrrole nitrogens is 1. The summed E-state index contributed by atoms with van der Waals surface area (Å²) in [6.07, 6.45) is 3.49. The van der Waals surface area contributed by atoms with Crippen LogP contribution in [0.2, 0.25) is 0 Å². The van der Waals surface area contributed by atoms with E-state index in [-0.39, 0.29) is 0 Å². The van der Waals surface area contributed by atoms with Gasteiger partial charge in [-0.15, -0.1) is 0 Å². The zero-order chi connectivity index (χ0) is 13.2. The lowest BCUT2D eigenvalue weighted by molar-refractivity contribution is 0.328. The highest BCUT2D eigenvalue weighted by Gasteiger charge is 2.08. The molecule has 5 nitrogen and oxygen atoms in total. The molecule has 0 spiro atoms. The zero-order valence-electron chi connectivity index (χ0n) is 10.2. The monoisotopic (exact) mass is 318 g/mol. The molecular formula is C13H11BrN4O. The summed E-state index contributed by atoms with van der Waals surface area (Å²) in [6.45, 7) is 2.51. The standard InChI is InChI=1S/C13H11BrN4O/c1-2-19-11-4-3-10-13(17-11)18-12(16-10)8-5-9(14)7-15-6-8/h3-7H,2H2,1H3,(H,16,17,18). The molecule has 0 aliphatic carbocycles. The lowest BCUT2D eigenvalue weighted by atomic mass is 10.3. The van der Waals surface area contributed by atoms with Crippen LogP contribution in [0.4, 0.5) is 0 Å². The summed E-state index contributed by atoms with van der Waals surface area (Å²) in [7, 11) is 0. The zero-order valence-corrected chi connectivity index (χ0v) is 11.8. The Kier molecular flexibility index (Phi) is 3.16. The van der Waals surface area contributed by atoms with Gasteiger partial charge in [-0.05, 0) is 35.0 Å². The van der Waals surface area contributed by atoms with Crippen molar-refractivity contribution in [2.24, 2.45) is 0 Å². The van der Waals surface area contributed by atoms with Gasteiger partial charge < -0.3 is 9.72 Å². The van der Waals surface area contributed by atoms with Gasteiger partial charge in [0.05, 0.1) is 12.1 Å². The van der Waals surface area contributed by atoms with E-state index in [2.05, 4.69) is 35.9 Å². The minimum absolute atomic E-state index is 0.584. The molecule has 0 aliphatic heterocycles. The number of halogens is 1. The van der Waals surface area contributed by atoms with Crippen molar-refractivity contribution in [2.75, 3.05) is 6.61 Å². The van der Waals surface area contributed by atoms with E-state index in [9.17, 15) is 0 Å². The first-order chi connectivity index (χ1) is 9.26. The molecule has 3 aromatic heterocycles. The van der Waals surface area contributed by atoms with Gasteiger partial charge in [-0.25, -0.2) is 4.98 Å². The minimum Gasteiger partial charge on any atom is -0.478 e. The summed E-state index contributed by atoms with van der Waals surface area (Å²) in [5.74, 6) is 1.32. The van der Waals surface area contributed by atoms with E-state index in [0.29, 0.717) is 18.1 Å². The number of pyridine rings is 2. The fraction of sp³-hybridized carbons (Fsp3) is 0.154. The molecule has 96 valence electrons. The summed E-state index contributed by atoms with van der Waals surface area (Å²) in [6, 6.07) is 5.69. The normalized spacial score (nSPS) is 10.8. The summed E-state index contributed by atoms with van der Waals surface area (Å²) in [5, 5.41) is 0. The number of nitrogens with one attached hydrogen (secondary N) is 1. The third-order valence-electron chi connectivity index (χ3n) is 2.59. The molecule has 0 bridgehead atoms. The van der Waals surface area contributed by atoms with Crippen LogP contribution >= 0.6 is 15.9 Å². The number of nitrogens with zero attached hydrogens (tertiary/aromatic N) is 3. The molecule has 0 amide bonds. The van der Waals surface area contributed by atoms with Crippen molar-refractivity contribution in [2.45, 2.75) is 6.92 Å². The number of aromatic nitrogens is 4. The van der Waals surface area contributed by atoms with Crippen LogP contribution in [-0.4, -0.2) is 26.5 Å². The molecule has 0 radical (unpaired) electrons. The first-order valence-corrected chi connectivity index (χ1v) is 6.66. The van der Waals surface area contributed by atoms with Gasteiger partial charge in [0.15, 0.2) is 5.65 Å². The molecule has 3 aromatic rings. The Bertz CT molecular complexity index is 725. The Labute approximate surface area is 118 Å². The number of fused-ring (bicyclic) bond motifs is 1. The number of hydrogen-bond acceptors (Lipinski definition) is 4. The van der Waals surface area contributed by atoms with Crippen LogP contribution in [0, 0.1) is 0 Å². The Morgan fingerprint density at radius 1 is 1.26 bits per heavy atom. The average molecular weight is 319 g/mol. The van der Waals surface area contributed by atoms with Gasteiger partial charge >= 0.3 is 0 Å². The molecule has 0 fully saturated rings. The highest BCUT2D eigenvalue weighted by Crippen LogP contribution is 2.22. The second-order valence-corrected chi connectivity index (χ2v) is 4.85. The molecule has 0 unspecified atom stereocenters. The summed E-state index contributed by atoms with van der Waals surface area (Å²) >= 11 is 3.40. The third kappa shape index (κ3) is 2.44. The van der Waals surface area contributed by atoms with Crippen LogP contribution in [0.25, 0.3) is 22.6 Å². The van der Waals surface area contributed by atoms with E-state index < -0.39 is 0 Å². The quantitative estimate of drug-likeness (QED) is 0.805. The van der Waals surface area contributed by atoms with Crippen LogP contribution in [0.15, 0.2) is 35.1 Å². The highest BCUT2D eigenvalue weighted by molar-refractivity contribution is 9.10. The largest absolute Gasteiger partial charge is 0.478 e. The molecule has 0 atom stereocenters. The topological polar surface area (TPSA) is 63.7 Å². The van der Waals surface area contributed by atoms with Gasteiger partial charge in [0.25, 0.3) is 0 Å². The first kappa shape index (κ1) is 12.1. The second-order valence-electron chi connectivity index (χ2n) is 3.93. The molecule has 0 saturated heterocycles. The second kappa shape index (κ2) is 4.97. The van der Waals surface area contributed by atoms with Crippen molar-refractivity contribution in [3.8, 4) is 17.3 Å². The molecular weight excluding hydrogens is 308 g/mol. The van der Waals surface area contributed by atoms with Crippen molar-refractivity contribution >= 4 is 27.1 Å². The molecule has 6 heteroatoms. The molecule has 19 heavy (non-hydrogen) atoms. The summed E-state index contributed by atoms with van der Waals surface area (Å²) < 4.78 is 6.27. The number of ether oxygens (including phenoxy) is 1. The predicted molar refractivity (Wildman–Crippen MR) is 76.0 cm³/mol. The number of hydrogen-bond donors (Lipinski definition) is 1. The maximum Gasteiger partial charge on any atom is 0.215 e. The van der Waals surface area contributed by atoms with E-state index in [0.717, 1.165) is 21.4 Å². The van der Waals surface area contributed by atoms with Crippen LogP contribution < -0.4 is 4.74 Å². The number of rotatable bonds is 3. The SMILES string of the molecule is CCOc1ccc2[nH]c(-c3cncc(Br)c3)nc2n1. The fourth-order valence-corrected chi connectivity index (χ4v) is 2.15. The molecule has 1 N–H and O–H groups in total. The van der Waals surface area contributed by atoms with Gasteiger partial charge in [-0.3, -0.25) is 4.98 Å². The Hall–Kier alpha value is -1.95. The van der Waals surface area contributed by atoms with Crippen molar-refractivity contribution in [1.29, 1.82) is 0 Å². The highest BCUT2D eigenvalue weighted by atomic mass is 79.9. The molecule has 0 saturated carbocycles. The van der Waals surface area contributed by atoms with Crippen molar-refractivity contribution < 1.29 is 4.74 Å². The van der Waals surface area contributed by atoms with Crippen molar-refractivity contribution in [3.05, 3.63) is 35.1 Å². The molecule has 3 heterocycles. The fourth-order valence-electron chi connectivity index (χ4n) is 1.78. The summed E-state index contributed by atoms with van der Waals surface area (Å²) in [4.78, 5) is 16.1. The average Bonchev–Trinajstić information content (AvgIpc) is 2.82. The van der Waals surface area contributed by atoms with E-state index in [1.165, 1.54) is 0 Å². The minimum atomic E-state index is 0.584. The lowest BCUT2D eigenvalue weighted by Crippen LogP contribution is -1.93. The van der Waals surface area contributed by atoms with Gasteiger partial charge in [0, 0.05) is 28.5 Å². The molecule has 3 rings (SSSR count). The van der Waals surface area contributed by atoms with E-state index >= 15 is 0 Å². The maximum atomic E-state index is 5.36. The Balaban J connectivity index is 2.06. The van der Waals surface area contributed by atoms with Gasteiger partial charge in [-0.1, -0.05) is 0 Å². The van der Waals surface area contributed by atoms with Crippen molar-refractivity contribution in [3.63, 3.8) is 0 Å². The van der Waals surface area contributed by atoms with Gasteiger partial charge in [0.1, 0.15) is 5.82 Å². The smallest absolute Gasteiger partial charge is 0.215 e. The number of imidazole rings is 1. The van der Waals surface area contributed by atoms with Crippen LogP contribution in [0.3, 0.4) is 0 Å². The van der Waals surface area contributed by atoms with Gasteiger partial charge in [-0.2, -0.15) is 4.98 Å². The van der Waals surface area contributed by atoms with Gasteiger partial charge in [0.2, 0.25) is 5.88 Å². The van der Waals surface area contributed by atoms with E-state index in [4.69, 9.17) is 4.74 Å². The van der Waals surface area contributed by atoms with E-state index in [1.807, 2.05) is 25.1 Å². The number of aromatic amines is 1. The third-order valence-corrected chi connectivity index (χ3v) is 3.02. The maximum absolute atomic E-state index is 5.36. The summed E-state index contributed by atoms with van der Waals surface area (Å²) in [5.41, 5.74) is 2.42. The lowest BCUT2D eigenvalue weighted by Gasteiger charge is -1.99.